The summed E-state index contributed by atoms with van der Waals surface area (Å²) in [6.45, 7) is 0. The molecule has 1 aliphatic heterocycles. The fourth-order valence-corrected chi connectivity index (χ4v) is 4.22. The molecule has 5 rings (SSSR count). The van der Waals surface area contributed by atoms with Crippen LogP contribution in [0.1, 0.15) is 22.2 Å². The SMILES string of the molecule is O=C(C1=C(O)C(=O)N(c2nccs2)C1c1ccc(F)cc1)c1cc2ccccc2o1. The Bertz CT molecular complexity index is 1280. The highest BCUT2D eigenvalue weighted by atomic mass is 32.1. The number of ketones is 1. The summed E-state index contributed by atoms with van der Waals surface area (Å²) < 4.78 is 19.2. The zero-order chi connectivity index (χ0) is 20.8. The average Bonchev–Trinajstić information content (AvgIpc) is 3.47. The Labute approximate surface area is 173 Å². The first-order valence-corrected chi connectivity index (χ1v) is 9.87. The molecule has 2 aromatic heterocycles. The molecular weight excluding hydrogens is 407 g/mol. The van der Waals surface area contributed by atoms with Crippen LogP contribution in [0, 0.1) is 5.82 Å². The van der Waals surface area contributed by atoms with Crippen molar-refractivity contribution < 1.29 is 23.5 Å². The topological polar surface area (TPSA) is 83.6 Å². The minimum atomic E-state index is -0.968. The number of hydrogen-bond acceptors (Lipinski definition) is 6. The van der Waals surface area contributed by atoms with Crippen molar-refractivity contribution in [3.05, 3.63) is 94.6 Å². The lowest BCUT2D eigenvalue weighted by Gasteiger charge is -2.24. The van der Waals surface area contributed by atoms with Gasteiger partial charge in [-0.2, -0.15) is 0 Å². The Hall–Kier alpha value is -3.78. The largest absolute Gasteiger partial charge is 0.503 e. The second-order valence-corrected chi connectivity index (χ2v) is 7.56. The van der Waals surface area contributed by atoms with E-state index in [1.807, 2.05) is 6.07 Å². The number of carbonyl (C=O) groups is 2. The number of halogens is 1. The normalized spacial score (nSPS) is 16.6. The molecule has 1 aliphatic rings. The summed E-state index contributed by atoms with van der Waals surface area (Å²) in [5, 5.41) is 13.4. The van der Waals surface area contributed by atoms with E-state index in [9.17, 15) is 19.1 Å². The summed E-state index contributed by atoms with van der Waals surface area (Å²) in [6, 6.07) is 13.1. The number of benzene rings is 2. The number of aromatic nitrogens is 1. The summed E-state index contributed by atoms with van der Waals surface area (Å²) in [4.78, 5) is 31.7. The van der Waals surface area contributed by atoms with Crippen LogP contribution < -0.4 is 4.90 Å². The van der Waals surface area contributed by atoms with Gasteiger partial charge in [-0.1, -0.05) is 30.3 Å². The summed E-state index contributed by atoms with van der Waals surface area (Å²) in [6.07, 6.45) is 1.52. The molecule has 1 unspecified atom stereocenters. The maximum atomic E-state index is 13.5. The highest BCUT2D eigenvalue weighted by Crippen LogP contribution is 2.42. The summed E-state index contributed by atoms with van der Waals surface area (Å²) in [5.41, 5.74) is 0.838. The number of carbonyl (C=O) groups excluding carboxylic acids is 2. The lowest BCUT2D eigenvalue weighted by Crippen LogP contribution is -2.30. The molecule has 148 valence electrons. The molecule has 0 bridgehead atoms. The number of fused-ring (bicyclic) bond motifs is 1. The van der Waals surface area contributed by atoms with Gasteiger partial charge in [-0.15, -0.1) is 11.3 Å². The van der Waals surface area contributed by atoms with Crippen molar-refractivity contribution in [3.8, 4) is 0 Å². The molecule has 0 aliphatic carbocycles. The van der Waals surface area contributed by atoms with Crippen molar-refractivity contribution in [1.82, 2.24) is 4.98 Å². The number of thiazole rings is 1. The van der Waals surface area contributed by atoms with E-state index in [1.54, 1.807) is 29.6 Å². The van der Waals surface area contributed by atoms with Crippen LogP contribution in [0.4, 0.5) is 9.52 Å². The zero-order valence-corrected chi connectivity index (χ0v) is 16.1. The summed E-state index contributed by atoms with van der Waals surface area (Å²) in [7, 11) is 0. The predicted molar refractivity (Wildman–Crippen MR) is 109 cm³/mol. The highest BCUT2D eigenvalue weighted by Gasteiger charge is 2.46. The van der Waals surface area contributed by atoms with E-state index < -0.39 is 29.3 Å². The van der Waals surface area contributed by atoms with Gasteiger partial charge in [0, 0.05) is 17.0 Å². The molecule has 1 amide bonds. The number of furan rings is 1. The van der Waals surface area contributed by atoms with Crippen LogP contribution in [0.3, 0.4) is 0 Å². The van der Waals surface area contributed by atoms with Crippen LogP contribution in [0.25, 0.3) is 11.0 Å². The second kappa shape index (κ2) is 6.93. The van der Waals surface area contributed by atoms with Gasteiger partial charge in [-0.05, 0) is 29.8 Å². The van der Waals surface area contributed by atoms with Crippen LogP contribution >= 0.6 is 11.3 Å². The monoisotopic (exact) mass is 420 g/mol. The van der Waals surface area contributed by atoms with E-state index in [1.165, 1.54) is 46.7 Å². The average molecular weight is 420 g/mol. The van der Waals surface area contributed by atoms with Crippen LogP contribution in [0.15, 0.2) is 81.9 Å². The maximum absolute atomic E-state index is 13.5. The Morgan fingerprint density at radius 1 is 1.17 bits per heavy atom. The number of amides is 1. The van der Waals surface area contributed by atoms with Crippen LogP contribution in [0.2, 0.25) is 0 Å². The van der Waals surface area contributed by atoms with Crippen molar-refractivity contribution in [1.29, 1.82) is 0 Å². The third-order valence-electron chi connectivity index (χ3n) is 4.91. The second-order valence-electron chi connectivity index (χ2n) is 6.68. The van der Waals surface area contributed by atoms with Crippen molar-refractivity contribution in [3.63, 3.8) is 0 Å². The molecule has 1 atom stereocenters. The fraction of sp³-hybridized carbons (Fsp3) is 0.0455. The maximum Gasteiger partial charge on any atom is 0.296 e. The van der Waals surface area contributed by atoms with Gasteiger partial charge in [0.1, 0.15) is 11.4 Å². The molecule has 0 spiro atoms. The van der Waals surface area contributed by atoms with Gasteiger partial charge < -0.3 is 9.52 Å². The van der Waals surface area contributed by atoms with Gasteiger partial charge in [0.05, 0.1) is 11.6 Å². The highest BCUT2D eigenvalue weighted by molar-refractivity contribution is 7.13. The molecule has 1 N–H and O–H groups in total. The van der Waals surface area contributed by atoms with Crippen molar-refractivity contribution in [2.24, 2.45) is 0 Å². The molecule has 0 saturated heterocycles. The third kappa shape index (κ3) is 2.81. The molecule has 6 nitrogen and oxygen atoms in total. The smallest absolute Gasteiger partial charge is 0.296 e. The third-order valence-corrected chi connectivity index (χ3v) is 5.68. The number of Topliss-reactive ketones (excluding diaryl/α,β-unsaturated/α-hetero) is 1. The van der Waals surface area contributed by atoms with E-state index in [0.29, 0.717) is 16.3 Å². The molecule has 0 radical (unpaired) electrons. The predicted octanol–water partition coefficient (Wildman–Crippen LogP) is 4.81. The van der Waals surface area contributed by atoms with Crippen LogP contribution in [-0.2, 0) is 4.79 Å². The van der Waals surface area contributed by atoms with Gasteiger partial charge in [-0.25, -0.2) is 9.37 Å². The van der Waals surface area contributed by atoms with Crippen molar-refractivity contribution in [2.75, 3.05) is 4.90 Å². The molecule has 30 heavy (non-hydrogen) atoms. The molecule has 8 heteroatoms. The molecule has 2 aromatic carbocycles. The molecular formula is C22H13FN2O4S. The summed E-state index contributed by atoms with van der Waals surface area (Å²) >= 11 is 1.19. The first-order valence-electron chi connectivity index (χ1n) is 8.99. The first-order chi connectivity index (χ1) is 14.5. The van der Waals surface area contributed by atoms with E-state index in [2.05, 4.69) is 4.98 Å². The fourth-order valence-electron chi connectivity index (χ4n) is 3.56. The Morgan fingerprint density at radius 3 is 2.63 bits per heavy atom. The lowest BCUT2D eigenvalue weighted by molar-refractivity contribution is -0.117. The number of aliphatic hydroxyl groups excluding tert-OH is 1. The molecule has 0 saturated carbocycles. The van der Waals surface area contributed by atoms with E-state index in [-0.39, 0.29) is 11.3 Å². The number of anilines is 1. The number of aliphatic hydroxyl groups is 1. The zero-order valence-electron chi connectivity index (χ0n) is 15.3. The minimum absolute atomic E-state index is 0.00125. The Balaban J connectivity index is 1.66. The number of rotatable bonds is 4. The van der Waals surface area contributed by atoms with E-state index >= 15 is 0 Å². The van der Waals surface area contributed by atoms with Gasteiger partial charge >= 0.3 is 0 Å². The van der Waals surface area contributed by atoms with Crippen LogP contribution in [0.5, 0.6) is 0 Å². The van der Waals surface area contributed by atoms with E-state index in [4.69, 9.17) is 4.42 Å². The summed E-state index contributed by atoms with van der Waals surface area (Å²) in [5.74, 6) is -2.50. The number of hydrogen-bond donors (Lipinski definition) is 1. The lowest BCUT2D eigenvalue weighted by atomic mass is 9.95. The quantitative estimate of drug-likeness (QED) is 0.479. The molecule has 4 aromatic rings. The molecule has 0 fully saturated rings. The standard InChI is InChI=1S/C22H13FN2O4S/c23-14-7-5-12(6-8-14)18-17(20(27)21(28)25(18)22-24-9-10-30-22)19(26)16-11-13-3-1-2-4-15(13)29-16/h1-11,18,27H. The van der Waals surface area contributed by atoms with Gasteiger partial charge in [-0.3, -0.25) is 14.5 Å². The Morgan fingerprint density at radius 2 is 1.93 bits per heavy atom. The van der Waals surface area contributed by atoms with E-state index in [0.717, 1.165) is 5.39 Å². The minimum Gasteiger partial charge on any atom is -0.503 e. The van der Waals surface area contributed by atoms with Crippen molar-refractivity contribution in [2.45, 2.75) is 6.04 Å². The molecule has 3 heterocycles. The van der Waals surface area contributed by atoms with Gasteiger partial charge in [0.2, 0.25) is 5.78 Å². The van der Waals surface area contributed by atoms with Crippen molar-refractivity contribution >= 4 is 39.1 Å². The van der Waals surface area contributed by atoms with Crippen LogP contribution in [-0.4, -0.2) is 21.8 Å². The first kappa shape index (κ1) is 18.3. The Kier molecular flexibility index (Phi) is 4.22. The number of nitrogens with zero attached hydrogens (tertiary/aromatic N) is 2. The van der Waals surface area contributed by atoms with Gasteiger partial charge in [0.25, 0.3) is 5.91 Å². The number of para-hydroxylation sites is 1. The van der Waals surface area contributed by atoms with Gasteiger partial charge in [0.15, 0.2) is 16.7 Å².